The quantitative estimate of drug-likeness (QED) is 0.726. The van der Waals surface area contributed by atoms with Crippen LogP contribution in [0.15, 0.2) is 30.3 Å². The number of aryl methyl sites for hydroxylation is 1. The molecule has 138 valence electrons. The number of H-pyrrole nitrogens is 1. The standard InChI is InChI=1S/C21H20N2O4/c1-11-18(21(24)25)19-15-10-23-8-7-12-9-13(26-2)3-4-14(12)20(23)27-17(15)6-5-16(19)22-11/h3-6,9,20,22H,7-8,10H2,1-2H3,(H,24,25). The van der Waals surface area contributed by atoms with E-state index in [0.717, 1.165) is 46.5 Å². The molecular formula is C21H20N2O4. The number of ether oxygens (including phenoxy) is 2. The van der Waals surface area contributed by atoms with Crippen LogP contribution < -0.4 is 9.47 Å². The minimum absolute atomic E-state index is 0.155. The van der Waals surface area contributed by atoms with Gasteiger partial charge in [-0.25, -0.2) is 4.79 Å². The molecule has 0 fully saturated rings. The Bertz CT molecular complexity index is 1090. The number of aromatic amines is 1. The topological polar surface area (TPSA) is 74.8 Å². The van der Waals surface area contributed by atoms with Gasteiger partial charge in [-0.1, -0.05) is 0 Å². The Morgan fingerprint density at radius 1 is 1.33 bits per heavy atom. The summed E-state index contributed by atoms with van der Waals surface area (Å²) in [6, 6.07) is 9.95. The van der Waals surface area contributed by atoms with E-state index in [1.165, 1.54) is 5.56 Å². The first kappa shape index (κ1) is 16.2. The third-order valence-electron chi connectivity index (χ3n) is 5.65. The van der Waals surface area contributed by atoms with Crippen molar-refractivity contribution in [3.05, 3.63) is 58.3 Å². The van der Waals surface area contributed by atoms with Crippen molar-refractivity contribution in [2.45, 2.75) is 26.1 Å². The Morgan fingerprint density at radius 2 is 2.19 bits per heavy atom. The summed E-state index contributed by atoms with van der Waals surface area (Å²) in [5.41, 5.74) is 5.19. The maximum Gasteiger partial charge on any atom is 0.338 e. The molecule has 2 N–H and O–H groups in total. The lowest BCUT2D eigenvalue weighted by molar-refractivity contribution is -0.00959. The van der Waals surface area contributed by atoms with Crippen LogP contribution in [-0.2, 0) is 13.0 Å². The number of carboxylic acids is 1. The molecule has 0 spiro atoms. The van der Waals surface area contributed by atoms with Crippen molar-refractivity contribution < 1.29 is 19.4 Å². The predicted molar refractivity (Wildman–Crippen MR) is 100 cm³/mol. The number of nitrogens with one attached hydrogen (secondary N) is 1. The summed E-state index contributed by atoms with van der Waals surface area (Å²) in [6.45, 7) is 3.32. The van der Waals surface area contributed by atoms with Crippen molar-refractivity contribution in [1.29, 1.82) is 0 Å². The zero-order valence-corrected chi connectivity index (χ0v) is 15.2. The predicted octanol–water partition coefficient (Wildman–Crippen LogP) is 3.63. The minimum atomic E-state index is -0.912. The van der Waals surface area contributed by atoms with Gasteiger partial charge in [0.05, 0.1) is 12.7 Å². The molecule has 6 nitrogen and oxygen atoms in total. The van der Waals surface area contributed by atoms with Crippen molar-refractivity contribution in [1.82, 2.24) is 9.88 Å². The molecule has 6 heteroatoms. The van der Waals surface area contributed by atoms with Crippen LogP contribution in [0.3, 0.4) is 0 Å². The molecular weight excluding hydrogens is 344 g/mol. The van der Waals surface area contributed by atoms with Crippen molar-refractivity contribution in [2.24, 2.45) is 0 Å². The number of hydrogen-bond acceptors (Lipinski definition) is 4. The van der Waals surface area contributed by atoms with Crippen LogP contribution in [0.5, 0.6) is 11.5 Å². The van der Waals surface area contributed by atoms with Crippen LogP contribution >= 0.6 is 0 Å². The van der Waals surface area contributed by atoms with Gasteiger partial charge >= 0.3 is 5.97 Å². The number of aromatic nitrogens is 1. The lowest BCUT2D eigenvalue weighted by Crippen LogP contribution is -2.40. The summed E-state index contributed by atoms with van der Waals surface area (Å²) in [6.07, 6.45) is 0.758. The number of rotatable bonds is 2. The normalized spacial score (nSPS) is 18.4. The number of carboxylic acid groups (broad SMARTS) is 1. The number of aromatic carboxylic acids is 1. The van der Waals surface area contributed by atoms with Crippen molar-refractivity contribution >= 4 is 16.9 Å². The van der Waals surface area contributed by atoms with E-state index in [4.69, 9.17) is 9.47 Å². The largest absolute Gasteiger partial charge is 0.497 e. The highest BCUT2D eigenvalue weighted by atomic mass is 16.5. The zero-order chi connectivity index (χ0) is 18.7. The van der Waals surface area contributed by atoms with E-state index in [1.54, 1.807) is 14.0 Å². The number of fused-ring (bicyclic) bond motifs is 6. The molecule has 1 atom stereocenters. The van der Waals surface area contributed by atoms with Gasteiger partial charge in [-0.3, -0.25) is 4.90 Å². The highest BCUT2D eigenvalue weighted by Crippen LogP contribution is 2.43. The van der Waals surface area contributed by atoms with Gasteiger partial charge < -0.3 is 19.6 Å². The summed E-state index contributed by atoms with van der Waals surface area (Å²) < 4.78 is 11.7. The van der Waals surface area contributed by atoms with Crippen molar-refractivity contribution in [3.8, 4) is 11.5 Å². The van der Waals surface area contributed by atoms with Gasteiger partial charge in [0.1, 0.15) is 11.5 Å². The molecule has 0 saturated carbocycles. The van der Waals surface area contributed by atoms with E-state index in [-0.39, 0.29) is 6.23 Å². The number of nitrogens with zero attached hydrogens (tertiary/aromatic N) is 1. The van der Waals surface area contributed by atoms with E-state index in [1.807, 2.05) is 18.2 Å². The third-order valence-corrected chi connectivity index (χ3v) is 5.65. The van der Waals surface area contributed by atoms with E-state index in [0.29, 0.717) is 17.8 Å². The monoisotopic (exact) mass is 364 g/mol. The minimum Gasteiger partial charge on any atom is -0.497 e. The summed E-state index contributed by atoms with van der Waals surface area (Å²) in [7, 11) is 1.67. The fourth-order valence-corrected chi connectivity index (χ4v) is 4.37. The van der Waals surface area contributed by atoms with Crippen LogP contribution in [0.25, 0.3) is 10.9 Å². The molecule has 5 rings (SSSR count). The Morgan fingerprint density at radius 3 is 2.96 bits per heavy atom. The Labute approximate surface area is 156 Å². The van der Waals surface area contributed by atoms with Gasteiger partial charge in [-0.2, -0.15) is 0 Å². The number of carbonyl (C=O) groups is 1. The maximum absolute atomic E-state index is 11.8. The van der Waals surface area contributed by atoms with Gasteiger partial charge in [-0.05, 0) is 49.2 Å². The van der Waals surface area contributed by atoms with Gasteiger partial charge in [0.2, 0.25) is 0 Å². The first-order chi connectivity index (χ1) is 13.1. The average Bonchev–Trinajstić information content (AvgIpc) is 3.02. The molecule has 0 saturated heterocycles. The smallest absolute Gasteiger partial charge is 0.338 e. The van der Waals surface area contributed by atoms with Crippen molar-refractivity contribution in [3.63, 3.8) is 0 Å². The van der Waals surface area contributed by atoms with Crippen molar-refractivity contribution in [2.75, 3.05) is 13.7 Å². The molecule has 0 bridgehead atoms. The molecule has 3 heterocycles. The summed E-state index contributed by atoms with van der Waals surface area (Å²) >= 11 is 0. The van der Waals surface area contributed by atoms with E-state index in [9.17, 15) is 9.90 Å². The SMILES string of the molecule is COc1ccc2c(c1)CCN1Cc3c(ccc4[nH]c(C)c(C(=O)O)c34)OC21. The Balaban J connectivity index is 1.63. The third kappa shape index (κ3) is 2.33. The van der Waals surface area contributed by atoms with E-state index < -0.39 is 5.97 Å². The van der Waals surface area contributed by atoms with Crippen LogP contribution in [-0.4, -0.2) is 34.6 Å². The number of hydrogen-bond donors (Lipinski definition) is 2. The van der Waals surface area contributed by atoms with Crippen LogP contribution in [0, 0.1) is 6.92 Å². The molecule has 2 aromatic carbocycles. The second-order valence-electron chi connectivity index (χ2n) is 7.15. The van der Waals surface area contributed by atoms with Crippen LogP contribution in [0.2, 0.25) is 0 Å². The highest BCUT2D eigenvalue weighted by Gasteiger charge is 2.35. The lowest BCUT2D eigenvalue weighted by Gasteiger charge is -2.41. The van der Waals surface area contributed by atoms with Gasteiger partial charge in [0.15, 0.2) is 6.23 Å². The molecule has 0 radical (unpaired) electrons. The summed E-state index contributed by atoms with van der Waals surface area (Å²) in [5, 5.41) is 10.4. The second-order valence-corrected chi connectivity index (χ2v) is 7.15. The van der Waals surface area contributed by atoms with Gasteiger partial charge in [-0.15, -0.1) is 0 Å². The van der Waals surface area contributed by atoms with E-state index in [2.05, 4.69) is 22.0 Å². The molecule has 2 aliphatic rings. The lowest BCUT2D eigenvalue weighted by atomic mass is 9.94. The molecule has 27 heavy (non-hydrogen) atoms. The molecule has 3 aromatic rings. The maximum atomic E-state index is 11.8. The first-order valence-electron chi connectivity index (χ1n) is 9.02. The van der Waals surface area contributed by atoms with Crippen LogP contribution in [0.1, 0.15) is 39.0 Å². The van der Waals surface area contributed by atoms with E-state index >= 15 is 0 Å². The molecule has 0 aliphatic carbocycles. The number of benzene rings is 2. The van der Waals surface area contributed by atoms with Gasteiger partial charge in [0.25, 0.3) is 0 Å². The summed E-state index contributed by atoms with van der Waals surface area (Å²) in [4.78, 5) is 17.3. The fraction of sp³-hybridized carbons (Fsp3) is 0.286. The van der Waals surface area contributed by atoms with Gasteiger partial charge in [0, 0.05) is 40.8 Å². The first-order valence-corrected chi connectivity index (χ1v) is 9.02. The molecule has 0 amide bonds. The Hall–Kier alpha value is -2.99. The fourth-order valence-electron chi connectivity index (χ4n) is 4.37. The highest BCUT2D eigenvalue weighted by molar-refractivity contribution is 6.06. The van der Waals surface area contributed by atoms with Crippen LogP contribution in [0.4, 0.5) is 0 Å². The number of methoxy groups -OCH3 is 1. The second kappa shape index (κ2) is 5.76. The average molecular weight is 364 g/mol. The molecule has 1 aromatic heterocycles. The Kier molecular flexibility index (Phi) is 3.45. The summed E-state index contributed by atoms with van der Waals surface area (Å²) in [5.74, 6) is 0.702. The zero-order valence-electron chi connectivity index (χ0n) is 15.2. The molecule has 1 unspecified atom stereocenters. The molecule has 2 aliphatic heterocycles.